The number of carbonyl (C=O) groups excluding carboxylic acids is 1. The van der Waals surface area contributed by atoms with Gasteiger partial charge in [0.25, 0.3) is 5.56 Å². The van der Waals surface area contributed by atoms with Gasteiger partial charge in [0.05, 0.1) is 23.4 Å². The second kappa shape index (κ2) is 8.59. The molecule has 0 saturated heterocycles. The molecule has 0 amide bonds. The van der Waals surface area contributed by atoms with Crippen LogP contribution in [-0.2, 0) is 4.74 Å². The lowest BCUT2D eigenvalue weighted by atomic mass is 10.2. The molecule has 0 aliphatic rings. The zero-order valence-electron chi connectivity index (χ0n) is 15.9. The van der Waals surface area contributed by atoms with E-state index < -0.39 is 5.97 Å². The van der Waals surface area contributed by atoms with Crippen LogP contribution in [0.5, 0.6) is 0 Å². The first-order chi connectivity index (χ1) is 13.9. The minimum atomic E-state index is -0.483. The topological polar surface area (TPSA) is 100 Å². The number of hydrogen-bond acceptors (Lipinski definition) is 6. The van der Waals surface area contributed by atoms with Crippen LogP contribution in [0.3, 0.4) is 0 Å². The molecular weight excluding hydrogens is 456 g/mol. The lowest BCUT2D eigenvalue weighted by molar-refractivity contribution is 0.0531. The molecule has 0 aliphatic carbocycles. The third kappa shape index (κ3) is 4.09. The molecule has 0 aliphatic heterocycles. The molecule has 0 radical (unpaired) electrons. The molecule has 1 aromatic carbocycles. The van der Waals surface area contributed by atoms with Crippen molar-refractivity contribution in [3.05, 3.63) is 66.4 Å². The van der Waals surface area contributed by atoms with Crippen LogP contribution in [0.4, 0.5) is 5.00 Å². The number of ether oxygens (including phenoxy) is 1. The van der Waals surface area contributed by atoms with Gasteiger partial charge in [-0.05, 0) is 50.6 Å². The fourth-order valence-electron chi connectivity index (χ4n) is 2.72. The van der Waals surface area contributed by atoms with Crippen molar-refractivity contribution in [2.24, 2.45) is 4.99 Å². The van der Waals surface area contributed by atoms with Gasteiger partial charge >= 0.3 is 5.97 Å². The zero-order chi connectivity index (χ0) is 21.1. The molecule has 3 aromatic rings. The molecule has 9 heteroatoms. The molecule has 0 bridgehead atoms. The van der Waals surface area contributed by atoms with Crippen molar-refractivity contribution in [3.8, 4) is 11.8 Å². The first-order valence-corrected chi connectivity index (χ1v) is 10.3. The molecule has 0 spiro atoms. The number of carbonyl (C=O) groups is 1. The maximum absolute atomic E-state index is 12.8. The van der Waals surface area contributed by atoms with Crippen molar-refractivity contribution in [2.45, 2.75) is 20.8 Å². The van der Waals surface area contributed by atoms with Crippen LogP contribution in [0.15, 0.2) is 38.5 Å². The van der Waals surface area contributed by atoms with Crippen molar-refractivity contribution in [1.29, 1.82) is 5.26 Å². The lowest BCUT2D eigenvalue weighted by Gasteiger charge is -2.00. The SMILES string of the molecule is CCOC(=O)c1sc(N=Cc2c(C)[nH]n(-c3ccc(Br)cc3)c2=O)c(C#N)c1C. The Balaban J connectivity index is 2.00. The summed E-state index contributed by atoms with van der Waals surface area (Å²) in [5.41, 5.74) is 2.28. The Morgan fingerprint density at radius 1 is 1.38 bits per heavy atom. The average molecular weight is 473 g/mol. The van der Waals surface area contributed by atoms with E-state index in [9.17, 15) is 14.9 Å². The third-order valence-electron chi connectivity index (χ3n) is 4.21. The summed E-state index contributed by atoms with van der Waals surface area (Å²) in [6.07, 6.45) is 1.42. The van der Waals surface area contributed by atoms with Gasteiger partial charge in [-0.2, -0.15) is 5.26 Å². The number of aryl methyl sites for hydroxylation is 1. The largest absolute Gasteiger partial charge is 0.462 e. The molecular formula is C20H17BrN4O3S. The monoisotopic (exact) mass is 472 g/mol. The molecule has 2 aromatic heterocycles. The third-order valence-corrected chi connectivity index (χ3v) is 5.92. The van der Waals surface area contributed by atoms with Gasteiger partial charge in [-0.15, -0.1) is 11.3 Å². The highest BCUT2D eigenvalue weighted by Crippen LogP contribution is 2.35. The Kier molecular flexibility index (Phi) is 6.15. The number of aromatic nitrogens is 2. The molecule has 2 heterocycles. The summed E-state index contributed by atoms with van der Waals surface area (Å²) in [4.78, 5) is 29.6. The highest BCUT2D eigenvalue weighted by Gasteiger charge is 2.21. The molecule has 29 heavy (non-hydrogen) atoms. The Morgan fingerprint density at radius 2 is 2.07 bits per heavy atom. The van der Waals surface area contributed by atoms with Gasteiger partial charge in [-0.3, -0.25) is 9.89 Å². The fraction of sp³-hybridized carbons (Fsp3) is 0.200. The number of rotatable bonds is 5. The van der Waals surface area contributed by atoms with Gasteiger partial charge in [0.1, 0.15) is 15.9 Å². The molecule has 0 atom stereocenters. The van der Waals surface area contributed by atoms with Crippen molar-refractivity contribution in [1.82, 2.24) is 9.78 Å². The average Bonchev–Trinajstić information content (AvgIpc) is 3.16. The van der Waals surface area contributed by atoms with E-state index in [1.54, 1.807) is 20.8 Å². The van der Waals surface area contributed by atoms with E-state index in [0.717, 1.165) is 15.8 Å². The predicted octanol–water partition coefficient (Wildman–Crippen LogP) is 4.41. The number of aliphatic imine (C=N–C) groups is 1. The summed E-state index contributed by atoms with van der Waals surface area (Å²) < 4.78 is 7.37. The maximum atomic E-state index is 12.8. The number of hydrogen-bond donors (Lipinski definition) is 1. The van der Waals surface area contributed by atoms with Crippen LogP contribution in [0.1, 0.15) is 39.0 Å². The fourth-order valence-corrected chi connectivity index (χ4v) is 3.98. The number of nitrogens with zero attached hydrogens (tertiary/aromatic N) is 3. The highest BCUT2D eigenvalue weighted by molar-refractivity contribution is 9.10. The van der Waals surface area contributed by atoms with E-state index in [4.69, 9.17) is 4.74 Å². The van der Waals surface area contributed by atoms with E-state index >= 15 is 0 Å². The number of aromatic amines is 1. The lowest BCUT2D eigenvalue weighted by Crippen LogP contribution is -2.17. The molecule has 148 valence electrons. The van der Waals surface area contributed by atoms with Crippen LogP contribution in [0, 0.1) is 25.2 Å². The van der Waals surface area contributed by atoms with E-state index in [0.29, 0.717) is 37.9 Å². The van der Waals surface area contributed by atoms with Gasteiger partial charge in [-0.1, -0.05) is 15.9 Å². The summed E-state index contributed by atoms with van der Waals surface area (Å²) in [6.45, 7) is 5.42. The van der Waals surface area contributed by atoms with Crippen LogP contribution < -0.4 is 5.56 Å². The number of nitriles is 1. The van der Waals surface area contributed by atoms with E-state index in [1.807, 2.05) is 24.3 Å². The second-order valence-corrected chi connectivity index (χ2v) is 8.01. The van der Waals surface area contributed by atoms with Crippen molar-refractivity contribution in [3.63, 3.8) is 0 Å². The minimum absolute atomic E-state index is 0.245. The van der Waals surface area contributed by atoms with Crippen LogP contribution in [0.2, 0.25) is 0 Å². The Hall–Kier alpha value is -2.96. The van der Waals surface area contributed by atoms with E-state index in [1.165, 1.54) is 10.9 Å². The number of benzene rings is 1. The predicted molar refractivity (Wildman–Crippen MR) is 116 cm³/mol. The van der Waals surface area contributed by atoms with Gasteiger partial charge in [0.15, 0.2) is 0 Å². The smallest absolute Gasteiger partial charge is 0.348 e. The maximum Gasteiger partial charge on any atom is 0.348 e. The Bertz CT molecular complexity index is 1200. The van der Waals surface area contributed by atoms with E-state index in [-0.39, 0.29) is 12.2 Å². The number of nitrogens with one attached hydrogen (secondary N) is 1. The Morgan fingerprint density at radius 3 is 2.69 bits per heavy atom. The molecule has 3 rings (SSSR count). The van der Waals surface area contributed by atoms with E-state index in [2.05, 4.69) is 32.1 Å². The van der Waals surface area contributed by atoms with Gasteiger partial charge in [-0.25, -0.2) is 14.5 Å². The molecule has 0 unspecified atom stereocenters. The Labute approximate surface area is 179 Å². The van der Waals surface area contributed by atoms with Crippen LogP contribution >= 0.6 is 27.3 Å². The normalized spacial score (nSPS) is 11.0. The standard InChI is InChI=1S/C20H17BrN4O3S/c1-4-28-20(27)17-11(2)15(9-22)18(29-17)23-10-16-12(3)24-25(19(16)26)14-7-5-13(21)6-8-14/h5-8,10,24H,4H2,1-3H3. The van der Waals surface area contributed by atoms with Gasteiger partial charge < -0.3 is 4.74 Å². The molecule has 0 fully saturated rings. The number of esters is 1. The summed E-state index contributed by atoms with van der Waals surface area (Å²) in [7, 11) is 0. The highest BCUT2D eigenvalue weighted by atomic mass is 79.9. The first-order valence-electron chi connectivity index (χ1n) is 8.69. The molecule has 7 nitrogen and oxygen atoms in total. The summed E-state index contributed by atoms with van der Waals surface area (Å²) >= 11 is 4.45. The summed E-state index contributed by atoms with van der Waals surface area (Å²) in [6, 6.07) is 9.38. The number of H-pyrrole nitrogens is 1. The zero-order valence-corrected chi connectivity index (χ0v) is 18.3. The van der Waals surface area contributed by atoms with Crippen LogP contribution in [-0.4, -0.2) is 28.6 Å². The van der Waals surface area contributed by atoms with Gasteiger partial charge in [0.2, 0.25) is 0 Å². The van der Waals surface area contributed by atoms with Crippen molar-refractivity contribution in [2.75, 3.05) is 6.61 Å². The quantitative estimate of drug-likeness (QED) is 0.438. The van der Waals surface area contributed by atoms with Crippen molar-refractivity contribution >= 4 is 44.5 Å². The van der Waals surface area contributed by atoms with Gasteiger partial charge in [0, 0.05) is 16.4 Å². The van der Waals surface area contributed by atoms with Crippen molar-refractivity contribution < 1.29 is 9.53 Å². The molecule has 0 saturated carbocycles. The minimum Gasteiger partial charge on any atom is -0.462 e. The number of thiophene rings is 1. The van der Waals surface area contributed by atoms with Crippen LogP contribution in [0.25, 0.3) is 5.69 Å². The second-order valence-electron chi connectivity index (χ2n) is 6.09. The summed E-state index contributed by atoms with van der Waals surface area (Å²) in [5.74, 6) is -0.483. The number of halogens is 1. The first kappa shape index (κ1) is 20.8. The summed E-state index contributed by atoms with van der Waals surface area (Å²) in [5, 5.41) is 12.9. The molecule has 1 N–H and O–H groups in total.